The Hall–Kier alpha value is -2.77. The largest absolute Gasteiger partial charge is 0.369 e. The van der Waals surface area contributed by atoms with Crippen LogP contribution in [-0.4, -0.2) is 70.8 Å². The number of benzene rings is 1. The molecular weight excluding hydrogens is 403 g/mol. The number of hydrogen-bond donors (Lipinski definition) is 2. The molecule has 0 radical (unpaired) electrons. The summed E-state index contributed by atoms with van der Waals surface area (Å²) in [6.07, 6.45) is 4.79. The Bertz CT molecular complexity index is 936. The Morgan fingerprint density at radius 2 is 1.62 bits per heavy atom. The van der Waals surface area contributed by atoms with E-state index in [1.165, 1.54) is 18.6 Å². The molecule has 3 aromatic rings. The molecule has 6 nitrogen and oxygen atoms in total. The van der Waals surface area contributed by atoms with Gasteiger partial charge in [-0.25, -0.2) is 9.37 Å². The zero-order valence-electron chi connectivity index (χ0n) is 19.4. The summed E-state index contributed by atoms with van der Waals surface area (Å²) >= 11 is 0. The van der Waals surface area contributed by atoms with E-state index in [2.05, 4.69) is 51.1 Å². The van der Waals surface area contributed by atoms with Crippen LogP contribution >= 0.6 is 0 Å². The van der Waals surface area contributed by atoms with Crippen LogP contribution in [0.4, 0.5) is 10.2 Å². The lowest BCUT2D eigenvalue weighted by atomic mass is 10.0. The number of anilines is 1. The minimum Gasteiger partial charge on any atom is -0.369 e. The molecule has 0 aliphatic heterocycles. The second-order valence-corrected chi connectivity index (χ2v) is 7.84. The standard InChI is InChI=1S/C25H35FN6/c1-4-31(5-2)15-7-16-32(6-3)17-14-28-24-18-21(12-13-27-24)23-19-29-30-25(23)20-8-10-22(26)11-9-20/h8-13,18-19H,4-7,14-17H2,1-3H3,(H,27,28)(H,29,30). The lowest BCUT2D eigenvalue weighted by molar-refractivity contribution is 0.248. The maximum absolute atomic E-state index is 13.3. The van der Waals surface area contributed by atoms with E-state index < -0.39 is 0 Å². The van der Waals surface area contributed by atoms with Gasteiger partial charge in [0, 0.05) is 30.4 Å². The van der Waals surface area contributed by atoms with Gasteiger partial charge >= 0.3 is 0 Å². The van der Waals surface area contributed by atoms with Crippen molar-refractivity contribution in [3.63, 3.8) is 0 Å². The molecule has 0 amide bonds. The Morgan fingerprint density at radius 1 is 0.906 bits per heavy atom. The van der Waals surface area contributed by atoms with Crippen LogP contribution < -0.4 is 5.32 Å². The fourth-order valence-corrected chi connectivity index (χ4v) is 3.86. The molecule has 0 fully saturated rings. The molecule has 0 aliphatic rings. The quantitative estimate of drug-likeness (QED) is 0.404. The number of likely N-dealkylation sites (N-methyl/N-ethyl adjacent to an activating group) is 1. The molecule has 172 valence electrons. The molecule has 0 saturated heterocycles. The van der Waals surface area contributed by atoms with Crippen molar-refractivity contribution >= 4 is 5.82 Å². The van der Waals surface area contributed by atoms with Crippen LogP contribution in [0.5, 0.6) is 0 Å². The average molecular weight is 439 g/mol. The fraction of sp³-hybridized carbons (Fsp3) is 0.440. The minimum absolute atomic E-state index is 0.251. The number of aromatic nitrogens is 3. The van der Waals surface area contributed by atoms with Crippen molar-refractivity contribution in [1.82, 2.24) is 25.0 Å². The molecule has 32 heavy (non-hydrogen) atoms. The third kappa shape index (κ3) is 6.61. The zero-order chi connectivity index (χ0) is 22.8. The van der Waals surface area contributed by atoms with Gasteiger partial charge in [-0.05, 0) is 81.1 Å². The van der Waals surface area contributed by atoms with Crippen molar-refractivity contribution in [2.75, 3.05) is 51.1 Å². The van der Waals surface area contributed by atoms with Gasteiger partial charge in [0.2, 0.25) is 0 Å². The molecule has 0 bridgehead atoms. The smallest absolute Gasteiger partial charge is 0.126 e. The predicted molar refractivity (Wildman–Crippen MR) is 130 cm³/mol. The third-order valence-corrected chi connectivity index (χ3v) is 5.87. The molecule has 3 rings (SSSR count). The fourth-order valence-electron chi connectivity index (χ4n) is 3.86. The Morgan fingerprint density at radius 3 is 2.34 bits per heavy atom. The number of rotatable bonds is 13. The van der Waals surface area contributed by atoms with Gasteiger partial charge in [-0.3, -0.25) is 5.10 Å². The number of nitrogens with zero attached hydrogens (tertiary/aromatic N) is 4. The second kappa shape index (κ2) is 12.3. The summed E-state index contributed by atoms with van der Waals surface area (Å²) < 4.78 is 13.3. The number of H-pyrrole nitrogens is 1. The van der Waals surface area contributed by atoms with E-state index in [1.54, 1.807) is 24.5 Å². The predicted octanol–water partition coefficient (Wildman–Crippen LogP) is 4.74. The Balaban J connectivity index is 1.57. The molecule has 0 unspecified atom stereocenters. The van der Waals surface area contributed by atoms with Gasteiger partial charge < -0.3 is 15.1 Å². The molecule has 1 aromatic carbocycles. The van der Waals surface area contributed by atoms with Crippen molar-refractivity contribution in [2.45, 2.75) is 27.2 Å². The highest BCUT2D eigenvalue weighted by Gasteiger charge is 2.11. The summed E-state index contributed by atoms with van der Waals surface area (Å²) in [4.78, 5) is 9.42. The van der Waals surface area contributed by atoms with Crippen molar-refractivity contribution in [1.29, 1.82) is 0 Å². The first-order valence-corrected chi connectivity index (χ1v) is 11.6. The van der Waals surface area contributed by atoms with Gasteiger partial charge in [0.25, 0.3) is 0 Å². The number of halogens is 1. The normalized spacial score (nSPS) is 11.4. The van der Waals surface area contributed by atoms with Crippen LogP contribution in [0.25, 0.3) is 22.4 Å². The van der Waals surface area contributed by atoms with Crippen LogP contribution in [-0.2, 0) is 0 Å². The van der Waals surface area contributed by atoms with Crippen LogP contribution in [0.15, 0.2) is 48.8 Å². The summed E-state index contributed by atoms with van der Waals surface area (Å²) in [5.41, 5.74) is 3.75. The molecule has 2 aromatic heterocycles. The highest BCUT2D eigenvalue weighted by molar-refractivity contribution is 5.81. The minimum atomic E-state index is -0.251. The SMILES string of the molecule is CCN(CC)CCCN(CC)CCNc1cc(-c2cn[nH]c2-c2ccc(F)cc2)ccn1. The molecule has 7 heteroatoms. The molecule has 2 N–H and O–H groups in total. The lowest BCUT2D eigenvalue weighted by Gasteiger charge is -2.23. The van der Waals surface area contributed by atoms with Crippen molar-refractivity contribution in [3.8, 4) is 22.4 Å². The van der Waals surface area contributed by atoms with E-state index in [-0.39, 0.29) is 5.82 Å². The number of pyridine rings is 1. The summed E-state index contributed by atoms with van der Waals surface area (Å²) in [5, 5.41) is 10.7. The second-order valence-electron chi connectivity index (χ2n) is 7.84. The molecule has 0 aliphatic carbocycles. The maximum Gasteiger partial charge on any atom is 0.126 e. The average Bonchev–Trinajstić information content (AvgIpc) is 3.31. The number of nitrogens with one attached hydrogen (secondary N) is 2. The van der Waals surface area contributed by atoms with E-state index in [0.717, 1.165) is 74.0 Å². The highest BCUT2D eigenvalue weighted by atomic mass is 19.1. The van der Waals surface area contributed by atoms with E-state index in [4.69, 9.17) is 0 Å². The van der Waals surface area contributed by atoms with Gasteiger partial charge in [-0.1, -0.05) is 20.8 Å². The summed E-state index contributed by atoms with van der Waals surface area (Å²) in [7, 11) is 0. The molecule has 0 saturated carbocycles. The summed E-state index contributed by atoms with van der Waals surface area (Å²) in [6.45, 7) is 14.0. The maximum atomic E-state index is 13.3. The first-order valence-electron chi connectivity index (χ1n) is 11.6. The van der Waals surface area contributed by atoms with Crippen molar-refractivity contribution < 1.29 is 4.39 Å². The van der Waals surface area contributed by atoms with E-state index in [0.29, 0.717) is 0 Å². The highest BCUT2D eigenvalue weighted by Crippen LogP contribution is 2.30. The van der Waals surface area contributed by atoms with Crippen LogP contribution in [0, 0.1) is 5.82 Å². The monoisotopic (exact) mass is 438 g/mol. The van der Waals surface area contributed by atoms with Gasteiger partial charge in [0.15, 0.2) is 0 Å². The van der Waals surface area contributed by atoms with E-state index in [9.17, 15) is 4.39 Å². The van der Waals surface area contributed by atoms with Gasteiger partial charge in [-0.2, -0.15) is 5.10 Å². The lowest BCUT2D eigenvalue weighted by Crippen LogP contribution is -2.33. The van der Waals surface area contributed by atoms with Crippen molar-refractivity contribution in [3.05, 3.63) is 54.6 Å². The molecule has 0 spiro atoms. The molecule has 0 atom stereocenters. The first-order chi connectivity index (χ1) is 15.6. The number of aromatic amines is 1. The van der Waals surface area contributed by atoms with Crippen LogP contribution in [0.1, 0.15) is 27.2 Å². The summed E-state index contributed by atoms with van der Waals surface area (Å²) in [5.74, 6) is 0.590. The molecular formula is C25H35FN6. The van der Waals surface area contributed by atoms with Crippen molar-refractivity contribution in [2.24, 2.45) is 0 Å². The topological polar surface area (TPSA) is 60.1 Å². The Kier molecular flexibility index (Phi) is 9.19. The third-order valence-electron chi connectivity index (χ3n) is 5.87. The van der Waals surface area contributed by atoms with Gasteiger partial charge in [0.05, 0.1) is 11.9 Å². The number of hydrogen-bond acceptors (Lipinski definition) is 5. The molecule has 2 heterocycles. The zero-order valence-corrected chi connectivity index (χ0v) is 19.4. The summed E-state index contributed by atoms with van der Waals surface area (Å²) in [6, 6.07) is 10.4. The van der Waals surface area contributed by atoms with E-state index >= 15 is 0 Å². The van der Waals surface area contributed by atoms with Crippen LogP contribution in [0.2, 0.25) is 0 Å². The Labute approximate surface area is 190 Å². The van der Waals surface area contributed by atoms with E-state index in [1.807, 2.05) is 12.1 Å². The van der Waals surface area contributed by atoms with Gasteiger partial charge in [-0.15, -0.1) is 0 Å². The van der Waals surface area contributed by atoms with Crippen LogP contribution in [0.3, 0.4) is 0 Å². The first kappa shape index (κ1) is 23.9. The van der Waals surface area contributed by atoms with Gasteiger partial charge in [0.1, 0.15) is 11.6 Å².